The molecular weight excluding hydrogens is 1210 g/mol. The number of aryl methyl sites for hydroxylation is 3. The second kappa shape index (κ2) is 39.9. The van der Waals surface area contributed by atoms with Gasteiger partial charge in [0.05, 0.1) is 32.3 Å². The summed E-state index contributed by atoms with van der Waals surface area (Å²) in [6.07, 6.45) is 57.8. The molecule has 0 aliphatic heterocycles. The zero-order valence-electron chi connectivity index (χ0n) is 56.8. The Kier molecular flexibility index (Phi) is 32.4. The molecule has 2 nitrogen and oxygen atoms in total. The van der Waals surface area contributed by atoms with Crippen LogP contribution in [-0.4, -0.2) is 8.75 Å². The number of halogens is 2. The molecule has 2 aromatic carbocycles. The van der Waals surface area contributed by atoms with E-state index in [9.17, 15) is 0 Å². The van der Waals surface area contributed by atoms with Gasteiger partial charge < -0.3 is 0 Å². The van der Waals surface area contributed by atoms with E-state index in [1.54, 1.807) is 22.7 Å². The lowest BCUT2D eigenvalue weighted by atomic mass is 9.88. The molecule has 89 heavy (non-hydrogen) atoms. The van der Waals surface area contributed by atoms with Crippen molar-refractivity contribution in [3.63, 3.8) is 0 Å². The Morgan fingerprint density at radius 2 is 0.809 bits per heavy atom. The molecule has 492 valence electrons. The highest BCUT2D eigenvalue weighted by molar-refractivity contribution is 7.32. The fourth-order valence-corrected chi connectivity index (χ4v) is 20.9. The maximum Gasteiger partial charge on any atom is 0.170 e. The van der Waals surface area contributed by atoms with E-state index in [1.807, 2.05) is 34.0 Å². The molecule has 6 aromatic heterocycles. The standard InChI is InChI=1S/C79H116F2N2S6/c1-8-12-16-20-24-27-28-29-30-31-32-33-34-37-41-45-49-63-55-65-64-51-58(6)84-78(64)79-66(77(65)86-63)56-69(88-79)76-62(52-60(47-43-39-23-19-15-11-4)48-44-40-36-26-22-18-14-10-3)54-68(87-76)71-73(81)72(80)70(74-75(71)83-89-82-74)67-53-61(59(7)85-67)50-57(5)46-42-38-35-25-21-17-13-9-2/h51,53-57,60H,8-50,52H2,1-7H3. The van der Waals surface area contributed by atoms with Crippen LogP contribution in [0.4, 0.5) is 8.78 Å². The molecule has 0 spiro atoms. The van der Waals surface area contributed by atoms with Crippen LogP contribution in [0.2, 0.25) is 0 Å². The normalized spacial score (nSPS) is 12.9. The lowest BCUT2D eigenvalue weighted by Crippen LogP contribution is -2.05. The third-order valence-corrected chi connectivity index (χ3v) is 26.2. The molecule has 10 heteroatoms. The van der Waals surface area contributed by atoms with Gasteiger partial charge in [-0.15, -0.1) is 56.7 Å². The third-order valence-electron chi connectivity index (χ3n) is 19.6. The maximum absolute atomic E-state index is 17.7. The van der Waals surface area contributed by atoms with Crippen LogP contribution in [0.25, 0.3) is 71.9 Å². The Morgan fingerprint density at radius 3 is 1.31 bits per heavy atom. The summed E-state index contributed by atoms with van der Waals surface area (Å²) >= 11 is 10.2. The van der Waals surface area contributed by atoms with E-state index in [1.165, 1.54) is 329 Å². The van der Waals surface area contributed by atoms with Crippen molar-refractivity contribution >= 4 is 110 Å². The van der Waals surface area contributed by atoms with Crippen LogP contribution in [0.15, 0.2) is 30.3 Å². The smallest absolute Gasteiger partial charge is 0.170 e. The van der Waals surface area contributed by atoms with Crippen LogP contribution < -0.4 is 0 Å². The van der Waals surface area contributed by atoms with Crippen molar-refractivity contribution < 1.29 is 8.78 Å². The van der Waals surface area contributed by atoms with Gasteiger partial charge in [0.2, 0.25) is 0 Å². The van der Waals surface area contributed by atoms with Gasteiger partial charge in [0.1, 0.15) is 11.0 Å². The highest BCUT2D eigenvalue weighted by atomic mass is 32.1. The van der Waals surface area contributed by atoms with Crippen LogP contribution >= 0.6 is 68.4 Å². The zero-order valence-corrected chi connectivity index (χ0v) is 61.7. The second-order valence-electron chi connectivity index (χ2n) is 27.4. The molecule has 0 saturated heterocycles. The first kappa shape index (κ1) is 72.2. The number of thiophene rings is 5. The SMILES string of the molecule is CCCCCCCCCCCCCCCCCCc1cc2c3cc(C)sc3c3sc(-c4sc(-c5c(F)c(F)c(-c6cc(CC(C)CCCCCCCCCC)c(C)s6)c6nsnc56)cc4CC(CCCCCCCC)CCCCCCCCCC)cc3c2s1. The molecule has 0 amide bonds. The number of fused-ring (bicyclic) bond motifs is 7. The topological polar surface area (TPSA) is 25.8 Å². The number of benzene rings is 2. The second-order valence-corrected chi connectivity index (χ2v) is 33.7. The van der Waals surface area contributed by atoms with Crippen molar-refractivity contribution in [3.05, 3.63) is 67.7 Å². The van der Waals surface area contributed by atoms with Gasteiger partial charge in [-0.25, -0.2) is 8.78 Å². The van der Waals surface area contributed by atoms with Gasteiger partial charge >= 0.3 is 0 Å². The molecule has 0 fully saturated rings. The summed E-state index contributed by atoms with van der Waals surface area (Å²) < 4.78 is 48.9. The minimum absolute atomic E-state index is 0.278. The summed E-state index contributed by atoms with van der Waals surface area (Å²) in [6, 6.07) is 11.9. The highest BCUT2D eigenvalue weighted by Gasteiger charge is 2.30. The molecule has 0 bridgehead atoms. The summed E-state index contributed by atoms with van der Waals surface area (Å²) in [5.41, 5.74) is 4.08. The summed E-state index contributed by atoms with van der Waals surface area (Å²) in [6.45, 7) is 16.0. The maximum atomic E-state index is 17.7. The number of nitrogens with zero attached hydrogens (tertiary/aromatic N) is 2. The first-order valence-corrected chi connectivity index (χ1v) is 41.7. The summed E-state index contributed by atoms with van der Waals surface area (Å²) in [5, 5.41) is 4.17. The van der Waals surface area contributed by atoms with Crippen molar-refractivity contribution in [2.75, 3.05) is 0 Å². The van der Waals surface area contributed by atoms with Gasteiger partial charge in [0, 0.05) is 55.0 Å². The predicted molar refractivity (Wildman–Crippen MR) is 401 cm³/mol. The van der Waals surface area contributed by atoms with Gasteiger partial charge in [-0.05, 0) is 92.8 Å². The Morgan fingerprint density at radius 1 is 0.382 bits per heavy atom. The van der Waals surface area contributed by atoms with Crippen molar-refractivity contribution in [1.82, 2.24) is 8.75 Å². The average Bonchev–Trinajstić information content (AvgIpc) is 1.75. The molecule has 0 radical (unpaired) electrons. The quantitative estimate of drug-likeness (QED) is 0.0355. The predicted octanol–water partition coefficient (Wildman–Crippen LogP) is 30.3. The summed E-state index contributed by atoms with van der Waals surface area (Å²) in [5.74, 6) is -0.520. The van der Waals surface area contributed by atoms with Crippen LogP contribution in [0, 0.1) is 37.3 Å². The molecular formula is C79H116F2N2S6. The van der Waals surface area contributed by atoms with Gasteiger partial charge in [0.15, 0.2) is 11.6 Å². The Bertz CT molecular complexity index is 3270. The Labute approximate surface area is 564 Å². The molecule has 0 aliphatic carbocycles. The van der Waals surface area contributed by atoms with Crippen LogP contribution in [0.5, 0.6) is 0 Å². The van der Waals surface area contributed by atoms with Gasteiger partial charge in [-0.1, -0.05) is 291 Å². The number of unbranched alkanes of at least 4 members (excludes halogenated alkanes) is 34. The van der Waals surface area contributed by atoms with E-state index >= 15 is 8.78 Å². The first-order chi connectivity index (χ1) is 43.6. The lowest BCUT2D eigenvalue weighted by molar-refractivity contribution is 0.401. The minimum atomic E-state index is -0.792. The van der Waals surface area contributed by atoms with Crippen LogP contribution in [-0.2, 0) is 19.3 Å². The van der Waals surface area contributed by atoms with E-state index in [4.69, 9.17) is 8.75 Å². The molecule has 8 aromatic rings. The lowest BCUT2D eigenvalue weighted by Gasteiger charge is -2.17. The van der Waals surface area contributed by atoms with Gasteiger partial charge in [0.25, 0.3) is 0 Å². The third kappa shape index (κ3) is 21.7. The molecule has 0 N–H and O–H groups in total. The van der Waals surface area contributed by atoms with Crippen LogP contribution in [0.3, 0.4) is 0 Å². The summed E-state index contributed by atoms with van der Waals surface area (Å²) in [7, 11) is 0. The molecule has 6 heterocycles. The zero-order chi connectivity index (χ0) is 62.6. The Hall–Kier alpha value is -2.60. The molecule has 8 rings (SSSR count). The van der Waals surface area contributed by atoms with Crippen molar-refractivity contribution in [2.45, 2.75) is 331 Å². The highest BCUT2D eigenvalue weighted by Crippen LogP contribution is 2.52. The van der Waals surface area contributed by atoms with Gasteiger partial charge in [-0.3, -0.25) is 0 Å². The number of hydrogen-bond donors (Lipinski definition) is 0. The van der Waals surface area contributed by atoms with Crippen molar-refractivity contribution in [1.29, 1.82) is 0 Å². The first-order valence-electron chi connectivity index (χ1n) is 36.9. The molecule has 2 atom stereocenters. The molecule has 2 unspecified atom stereocenters. The van der Waals surface area contributed by atoms with E-state index in [0.717, 1.165) is 40.7 Å². The largest absolute Gasteiger partial charge is 0.203 e. The van der Waals surface area contributed by atoms with Crippen molar-refractivity contribution in [3.8, 4) is 30.6 Å². The van der Waals surface area contributed by atoms with E-state index in [2.05, 4.69) is 78.8 Å². The van der Waals surface area contributed by atoms with Gasteiger partial charge in [-0.2, -0.15) is 8.75 Å². The number of aromatic nitrogens is 2. The fourth-order valence-electron chi connectivity index (χ4n) is 14.2. The minimum Gasteiger partial charge on any atom is -0.203 e. The van der Waals surface area contributed by atoms with E-state index < -0.39 is 11.6 Å². The van der Waals surface area contributed by atoms with E-state index in [0.29, 0.717) is 22.9 Å². The fraction of sp³-hybridized carbons (Fsp3) is 0.671. The van der Waals surface area contributed by atoms with E-state index in [-0.39, 0.29) is 11.1 Å². The number of hydrogen-bond acceptors (Lipinski definition) is 8. The van der Waals surface area contributed by atoms with Crippen molar-refractivity contribution in [2.24, 2.45) is 11.8 Å². The van der Waals surface area contributed by atoms with Crippen LogP contribution in [0.1, 0.15) is 324 Å². The average molecular weight is 1320 g/mol. The summed E-state index contributed by atoms with van der Waals surface area (Å²) in [4.78, 5) is 8.06. The number of rotatable bonds is 49. The molecule has 0 aliphatic rings. The molecule has 0 saturated carbocycles. The Balaban J connectivity index is 1.05. The monoisotopic (exact) mass is 1320 g/mol.